The lowest BCUT2D eigenvalue weighted by Gasteiger charge is -2.67. The number of aliphatic hydroxyl groups is 1. The molecule has 4 fully saturated rings. The Balaban J connectivity index is 1.65. The third-order valence-corrected chi connectivity index (χ3v) is 7.82. The van der Waals surface area contributed by atoms with Crippen molar-refractivity contribution in [2.75, 3.05) is 13.2 Å². The van der Waals surface area contributed by atoms with Crippen LogP contribution in [-0.2, 0) is 4.74 Å². The second-order valence-corrected chi connectivity index (χ2v) is 12.7. The van der Waals surface area contributed by atoms with E-state index in [0.717, 1.165) is 44.6 Å². The van der Waals surface area contributed by atoms with Gasteiger partial charge in [-0.1, -0.05) is 46.0 Å². The van der Waals surface area contributed by atoms with Crippen LogP contribution in [0, 0.1) is 16.7 Å². The van der Waals surface area contributed by atoms with Gasteiger partial charge in [-0.2, -0.15) is 0 Å². The molecule has 1 amide bonds. The zero-order valence-electron chi connectivity index (χ0n) is 20.4. The van der Waals surface area contributed by atoms with Crippen LogP contribution in [0.3, 0.4) is 0 Å². The minimum atomic E-state index is -0.446. The monoisotopic (exact) mass is 421 g/mol. The van der Waals surface area contributed by atoms with Gasteiger partial charge in [-0.15, -0.1) is 0 Å². The molecular formula is C26H47NO3. The minimum absolute atomic E-state index is 0.00633. The fourth-order valence-corrected chi connectivity index (χ4v) is 7.79. The minimum Gasteiger partial charge on any atom is -0.444 e. The Morgan fingerprint density at radius 1 is 0.900 bits per heavy atom. The number of ether oxygens (including phenoxy) is 1. The number of amides is 1. The van der Waals surface area contributed by atoms with Gasteiger partial charge in [0.05, 0.1) is 0 Å². The molecule has 4 nitrogen and oxygen atoms in total. The van der Waals surface area contributed by atoms with Crippen LogP contribution in [0.4, 0.5) is 4.79 Å². The third kappa shape index (κ3) is 5.72. The maximum absolute atomic E-state index is 13.4. The number of hydrogen-bond donors (Lipinski definition) is 1. The summed E-state index contributed by atoms with van der Waals surface area (Å²) in [4.78, 5) is 15.6. The van der Waals surface area contributed by atoms with Crippen LogP contribution in [0.15, 0.2) is 0 Å². The molecule has 4 heteroatoms. The number of rotatable bonds is 10. The highest BCUT2D eigenvalue weighted by atomic mass is 16.6. The van der Waals surface area contributed by atoms with Gasteiger partial charge in [0.15, 0.2) is 0 Å². The molecule has 4 aliphatic carbocycles. The smallest absolute Gasteiger partial charge is 0.410 e. The Labute approximate surface area is 185 Å². The van der Waals surface area contributed by atoms with Gasteiger partial charge in [0, 0.05) is 18.7 Å². The van der Waals surface area contributed by atoms with E-state index in [0.29, 0.717) is 17.4 Å². The molecule has 4 rings (SSSR count). The summed E-state index contributed by atoms with van der Waals surface area (Å²) in [5.74, 6) is 0.771. The van der Waals surface area contributed by atoms with Gasteiger partial charge >= 0.3 is 6.09 Å². The average molecular weight is 422 g/mol. The molecule has 4 saturated carbocycles. The molecule has 4 atom stereocenters. The summed E-state index contributed by atoms with van der Waals surface area (Å²) in [6.45, 7) is 12.1. The Morgan fingerprint density at radius 3 is 1.93 bits per heavy atom. The van der Waals surface area contributed by atoms with Crippen LogP contribution in [-0.4, -0.2) is 40.4 Å². The molecule has 4 aliphatic rings. The molecule has 0 aliphatic heterocycles. The number of carbonyl (C=O) groups is 1. The first kappa shape index (κ1) is 23.9. The largest absolute Gasteiger partial charge is 0.444 e. The van der Waals surface area contributed by atoms with E-state index >= 15 is 0 Å². The van der Waals surface area contributed by atoms with Crippen molar-refractivity contribution in [3.05, 3.63) is 0 Å². The summed E-state index contributed by atoms with van der Waals surface area (Å²) >= 11 is 0. The average Bonchev–Trinajstić information content (AvgIpc) is 2.55. The van der Waals surface area contributed by atoms with E-state index in [9.17, 15) is 4.79 Å². The van der Waals surface area contributed by atoms with E-state index in [1.807, 2.05) is 20.8 Å². The molecule has 4 bridgehead atoms. The number of unbranched alkanes of at least 4 members (excludes halogenated alkanes) is 6. The van der Waals surface area contributed by atoms with E-state index < -0.39 is 5.60 Å². The Hall–Kier alpha value is -0.770. The molecule has 0 saturated heterocycles. The maximum Gasteiger partial charge on any atom is 0.410 e. The quantitative estimate of drug-likeness (QED) is 0.399. The van der Waals surface area contributed by atoms with Crippen molar-refractivity contribution < 1.29 is 14.6 Å². The maximum atomic E-state index is 13.4. The summed E-state index contributed by atoms with van der Waals surface area (Å²) in [5, 5.41) is 8.90. The zero-order valence-corrected chi connectivity index (χ0v) is 20.4. The molecule has 0 aromatic rings. The Bertz CT molecular complexity index is 578. The van der Waals surface area contributed by atoms with Crippen molar-refractivity contribution in [1.82, 2.24) is 4.90 Å². The Kier molecular flexibility index (Phi) is 7.16. The molecule has 174 valence electrons. The van der Waals surface area contributed by atoms with Gasteiger partial charge in [-0.3, -0.25) is 0 Å². The third-order valence-electron chi connectivity index (χ3n) is 7.82. The zero-order chi connectivity index (χ0) is 22.0. The van der Waals surface area contributed by atoms with Crippen LogP contribution in [0.1, 0.15) is 118 Å². The standard InChI is InChI=1S/C26H47NO3/c1-23(2,3)30-22(29)27(13-11-9-7-6-8-10-12-14-28)26-17-21-15-24(4,19-26)18-25(5,16-21)20-26/h21,28H,6-20H2,1-5H3/t21?,24-,25+,26?. The van der Waals surface area contributed by atoms with Gasteiger partial charge in [-0.05, 0) is 88.9 Å². The van der Waals surface area contributed by atoms with E-state index in [-0.39, 0.29) is 11.6 Å². The van der Waals surface area contributed by atoms with E-state index in [2.05, 4.69) is 18.7 Å². The van der Waals surface area contributed by atoms with E-state index in [1.165, 1.54) is 51.4 Å². The summed E-state index contributed by atoms with van der Waals surface area (Å²) < 4.78 is 5.94. The first-order valence-corrected chi connectivity index (χ1v) is 12.6. The van der Waals surface area contributed by atoms with Crippen LogP contribution in [0.25, 0.3) is 0 Å². The molecule has 0 heterocycles. The number of carbonyl (C=O) groups excluding carboxylic acids is 1. The first-order valence-electron chi connectivity index (χ1n) is 12.6. The highest BCUT2D eigenvalue weighted by Gasteiger charge is 2.62. The molecule has 0 spiro atoms. The molecule has 0 aromatic carbocycles. The van der Waals surface area contributed by atoms with Gasteiger partial charge < -0.3 is 14.7 Å². The SMILES string of the molecule is CC(C)(C)OC(=O)N(CCCCCCCCCO)C12CC3C[C@@](C)(C1)C[C@](C)(C3)C2. The normalized spacial score (nSPS) is 34.9. The van der Waals surface area contributed by atoms with Crippen LogP contribution >= 0.6 is 0 Å². The number of hydrogen-bond acceptors (Lipinski definition) is 3. The lowest BCUT2D eigenvalue weighted by molar-refractivity contribution is -0.157. The first-order chi connectivity index (χ1) is 14.0. The molecule has 1 N–H and O–H groups in total. The van der Waals surface area contributed by atoms with Gasteiger partial charge in [-0.25, -0.2) is 4.79 Å². The topological polar surface area (TPSA) is 49.8 Å². The predicted molar refractivity (Wildman–Crippen MR) is 122 cm³/mol. The molecule has 2 unspecified atom stereocenters. The second-order valence-electron chi connectivity index (χ2n) is 12.7. The molecule has 30 heavy (non-hydrogen) atoms. The van der Waals surface area contributed by atoms with Crippen molar-refractivity contribution >= 4 is 6.09 Å². The Morgan fingerprint density at radius 2 is 1.43 bits per heavy atom. The van der Waals surface area contributed by atoms with E-state index in [4.69, 9.17) is 9.84 Å². The summed E-state index contributed by atoms with van der Waals surface area (Å²) in [6.07, 6.45) is 15.4. The van der Waals surface area contributed by atoms with Crippen molar-refractivity contribution in [2.45, 2.75) is 129 Å². The van der Waals surface area contributed by atoms with Gasteiger partial charge in [0.25, 0.3) is 0 Å². The fraction of sp³-hybridized carbons (Fsp3) is 0.962. The summed E-state index contributed by atoms with van der Waals surface area (Å²) in [6, 6.07) is 0. The van der Waals surface area contributed by atoms with Crippen molar-refractivity contribution in [3.8, 4) is 0 Å². The lowest BCUT2D eigenvalue weighted by Crippen LogP contribution is -2.66. The predicted octanol–water partition coefficient (Wildman–Crippen LogP) is 6.70. The molecular weight excluding hydrogens is 374 g/mol. The highest BCUT2D eigenvalue weighted by Crippen LogP contribution is 2.67. The van der Waals surface area contributed by atoms with Crippen LogP contribution in [0.2, 0.25) is 0 Å². The number of nitrogens with zero attached hydrogens (tertiary/aromatic N) is 1. The fourth-order valence-electron chi connectivity index (χ4n) is 7.79. The molecule has 0 aromatic heterocycles. The van der Waals surface area contributed by atoms with Crippen molar-refractivity contribution in [1.29, 1.82) is 0 Å². The number of aliphatic hydroxyl groups excluding tert-OH is 1. The van der Waals surface area contributed by atoms with Crippen molar-refractivity contribution in [2.24, 2.45) is 16.7 Å². The van der Waals surface area contributed by atoms with Crippen LogP contribution in [0.5, 0.6) is 0 Å². The van der Waals surface area contributed by atoms with Gasteiger partial charge in [0.1, 0.15) is 5.60 Å². The van der Waals surface area contributed by atoms with Gasteiger partial charge in [0.2, 0.25) is 0 Å². The lowest BCUT2D eigenvalue weighted by atomic mass is 9.42. The summed E-state index contributed by atoms with van der Waals surface area (Å²) in [5.41, 5.74) is 0.340. The van der Waals surface area contributed by atoms with Crippen molar-refractivity contribution in [3.63, 3.8) is 0 Å². The summed E-state index contributed by atoms with van der Waals surface area (Å²) in [7, 11) is 0. The van der Waals surface area contributed by atoms with Crippen LogP contribution < -0.4 is 0 Å². The van der Waals surface area contributed by atoms with E-state index in [1.54, 1.807) is 0 Å². The second kappa shape index (κ2) is 9.00. The highest BCUT2D eigenvalue weighted by molar-refractivity contribution is 5.69. The molecule has 0 radical (unpaired) electrons.